The van der Waals surface area contributed by atoms with Gasteiger partial charge in [-0.2, -0.15) is 0 Å². The molecule has 24 heavy (non-hydrogen) atoms. The van der Waals surface area contributed by atoms with Gasteiger partial charge >= 0.3 is 0 Å². The standard InChI is InChI=1S/C20H25N3.HI/c21-20(22-14-16-8-7-9-16)23-15-19(17-10-3-1-4-11-17)18-12-5-2-6-13-18;/h1-6,10-13,16,19H,7-9,14-15H2,(H3,21,22,23);1H. The molecule has 3 nitrogen and oxygen atoms in total. The van der Waals surface area contributed by atoms with E-state index in [-0.39, 0.29) is 29.9 Å². The first-order chi connectivity index (χ1) is 11.3. The molecule has 0 spiro atoms. The molecular formula is C20H26IN3. The van der Waals surface area contributed by atoms with Crippen LogP contribution in [0.2, 0.25) is 0 Å². The Labute approximate surface area is 161 Å². The smallest absolute Gasteiger partial charge is 0.188 e. The molecule has 3 N–H and O–H groups in total. The first-order valence-electron chi connectivity index (χ1n) is 8.46. The second-order valence-electron chi connectivity index (χ2n) is 6.28. The number of nitrogens with zero attached hydrogens (tertiary/aromatic N) is 1. The number of aliphatic imine (C=N–C) groups is 1. The van der Waals surface area contributed by atoms with Crippen LogP contribution in [0.25, 0.3) is 0 Å². The maximum absolute atomic E-state index is 6.04. The largest absolute Gasteiger partial charge is 0.370 e. The Balaban J connectivity index is 0.00000208. The quantitative estimate of drug-likeness (QED) is 0.407. The van der Waals surface area contributed by atoms with Crippen molar-refractivity contribution in [2.45, 2.75) is 25.2 Å². The van der Waals surface area contributed by atoms with Crippen molar-refractivity contribution in [3.8, 4) is 0 Å². The molecule has 0 heterocycles. The fourth-order valence-electron chi connectivity index (χ4n) is 2.97. The average molecular weight is 435 g/mol. The van der Waals surface area contributed by atoms with E-state index >= 15 is 0 Å². The van der Waals surface area contributed by atoms with E-state index in [9.17, 15) is 0 Å². The highest BCUT2D eigenvalue weighted by atomic mass is 127. The van der Waals surface area contributed by atoms with E-state index in [0.29, 0.717) is 12.5 Å². The van der Waals surface area contributed by atoms with Crippen LogP contribution in [0.5, 0.6) is 0 Å². The zero-order chi connectivity index (χ0) is 15.9. The average Bonchev–Trinajstić information content (AvgIpc) is 2.56. The van der Waals surface area contributed by atoms with Gasteiger partial charge in [0.05, 0.1) is 6.54 Å². The predicted octanol–water partition coefficient (Wildman–Crippen LogP) is 4.14. The number of rotatable bonds is 6. The number of benzene rings is 2. The first-order valence-corrected chi connectivity index (χ1v) is 8.46. The van der Waals surface area contributed by atoms with Gasteiger partial charge in [0.15, 0.2) is 5.96 Å². The number of guanidine groups is 1. The van der Waals surface area contributed by atoms with Gasteiger partial charge in [-0.3, -0.25) is 4.99 Å². The van der Waals surface area contributed by atoms with Crippen molar-refractivity contribution < 1.29 is 0 Å². The van der Waals surface area contributed by atoms with Crippen LogP contribution < -0.4 is 11.1 Å². The molecule has 128 valence electrons. The Bertz CT molecular complexity index is 584. The number of nitrogens with two attached hydrogens (primary N) is 1. The molecule has 0 aliphatic heterocycles. The van der Waals surface area contributed by atoms with Gasteiger partial charge in [-0.15, -0.1) is 24.0 Å². The molecule has 1 aliphatic carbocycles. The number of nitrogens with one attached hydrogen (secondary N) is 1. The van der Waals surface area contributed by atoms with Crippen LogP contribution in [-0.2, 0) is 0 Å². The van der Waals surface area contributed by atoms with Crippen LogP contribution in [0, 0.1) is 5.92 Å². The number of halogens is 1. The van der Waals surface area contributed by atoms with Crippen LogP contribution >= 0.6 is 24.0 Å². The molecule has 1 saturated carbocycles. The van der Waals surface area contributed by atoms with E-state index in [2.05, 4.69) is 58.8 Å². The van der Waals surface area contributed by atoms with Gasteiger partial charge in [-0.1, -0.05) is 67.1 Å². The van der Waals surface area contributed by atoms with Crippen molar-refractivity contribution >= 4 is 29.9 Å². The highest BCUT2D eigenvalue weighted by Gasteiger charge is 2.17. The normalized spacial score (nSPS) is 14.8. The summed E-state index contributed by atoms with van der Waals surface area (Å²) in [5, 5.41) is 3.27. The summed E-state index contributed by atoms with van der Waals surface area (Å²) in [6, 6.07) is 21.0. The van der Waals surface area contributed by atoms with Crippen molar-refractivity contribution in [2.75, 3.05) is 13.1 Å². The fourth-order valence-corrected chi connectivity index (χ4v) is 2.97. The third-order valence-corrected chi connectivity index (χ3v) is 4.64. The summed E-state index contributed by atoms with van der Waals surface area (Å²) in [7, 11) is 0. The van der Waals surface area contributed by atoms with E-state index in [1.165, 1.54) is 30.4 Å². The maximum atomic E-state index is 6.04. The summed E-state index contributed by atoms with van der Waals surface area (Å²) >= 11 is 0. The van der Waals surface area contributed by atoms with Gasteiger partial charge in [0, 0.05) is 12.5 Å². The minimum absolute atomic E-state index is 0. The van der Waals surface area contributed by atoms with Crippen molar-refractivity contribution in [2.24, 2.45) is 16.6 Å². The second kappa shape index (κ2) is 9.67. The van der Waals surface area contributed by atoms with E-state index < -0.39 is 0 Å². The molecule has 2 aromatic rings. The second-order valence-corrected chi connectivity index (χ2v) is 6.28. The molecule has 0 unspecified atom stereocenters. The van der Waals surface area contributed by atoms with E-state index in [4.69, 9.17) is 5.73 Å². The third kappa shape index (κ3) is 5.23. The van der Waals surface area contributed by atoms with E-state index in [0.717, 1.165) is 12.5 Å². The lowest BCUT2D eigenvalue weighted by Gasteiger charge is -2.25. The Morgan fingerprint density at radius 1 is 1.00 bits per heavy atom. The molecule has 0 saturated heterocycles. The molecule has 2 aromatic carbocycles. The lowest BCUT2D eigenvalue weighted by molar-refractivity contribution is 0.315. The van der Waals surface area contributed by atoms with E-state index in [1.54, 1.807) is 0 Å². The molecule has 0 amide bonds. The Kier molecular flexibility index (Phi) is 7.56. The highest BCUT2D eigenvalue weighted by molar-refractivity contribution is 14.0. The maximum Gasteiger partial charge on any atom is 0.188 e. The van der Waals surface area contributed by atoms with Gasteiger partial charge in [0.25, 0.3) is 0 Å². The third-order valence-electron chi connectivity index (χ3n) is 4.64. The molecule has 1 fully saturated rings. The summed E-state index contributed by atoms with van der Waals surface area (Å²) in [5.74, 6) is 1.58. The van der Waals surface area contributed by atoms with Crippen LogP contribution in [0.4, 0.5) is 0 Å². The Morgan fingerprint density at radius 3 is 2.00 bits per heavy atom. The van der Waals surface area contributed by atoms with E-state index in [1.807, 2.05) is 12.1 Å². The van der Waals surface area contributed by atoms with Gasteiger partial charge in [0.2, 0.25) is 0 Å². The summed E-state index contributed by atoms with van der Waals surface area (Å²) in [6.07, 6.45) is 3.99. The van der Waals surface area contributed by atoms with Crippen molar-refractivity contribution in [3.63, 3.8) is 0 Å². The minimum Gasteiger partial charge on any atom is -0.370 e. The summed E-state index contributed by atoms with van der Waals surface area (Å²) in [4.78, 5) is 4.59. The monoisotopic (exact) mass is 435 g/mol. The number of hydrogen-bond donors (Lipinski definition) is 2. The highest BCUT2D eigenvalue weighted by Crippen LogP contribution is 2.26. The molecule has 1 aliphatic rings. The molecule has 4 heteroatoms. The zero-order valence-electron chi connectivity index (χ0n) is 13.9. The van der Waals surface area contributed by atoms with Crippen LogP contribution in [-0.4, -0.2) is 19.0 Å². The molecule has 0 radical (unpaired) electrons. The zero-order valence-corrected chi connectivity index (χ0v) is 16.2. The summed E-state index contributed by atoms with van der Waals surface area (Å²) < 4.78 is 0. The molecule has 0 aromatic heterocycles. The van der Waals surface area contributed by atoms with Crippen LogP contribution in [0.15, 0.2) is 65.7 Å². The lowest BCUT2D eigenvalue weighted by Crippen LogP contribution is -2.37. The van der Waals surface area contributed by atoms with Crippen molar-refractivity contribution in [1.82, 2.24) is 5.32 Å². The fraction of sp³-hybridized carbons (Fsp3) is 0.350. The molecule has 0 atom stereocenters. The van der Waals surface area contributed by atoms with Crippen molar-refractivity contribution in [3.05, 3.63) is 71.8 Å². The SMILES string of the molecule is I.NC(=NCC(c1ccccc1)c1ccccc1)NCC1CCC1. The topological polar surface area (TPSA) is 50.4 Å². The van der Waals surface area contributed by atoms with Crippen LogP contribution in [0.1, 0.15) is 36.3 Å². The molecular weight excluding hydrogens is 409 g/mol. The predicted molar refractivity (Wildman–Crippen MR) is 112 cm³/mol. The van der Waals surface area contributed by atoms with Crippen molar-refractivity contribution in [1.29, 1.82) is 0 Å². The van der Waals surface area contributed by atoms with Gasteiger partial charge in [-0.25, -0.2) is 0 Å². The Morgan fingerprint density at radius 2 is 1.54 bits per heavy atom. The van der Waals surface area contributed by atoms with Gasteiger partial charge in [-0.05, 0) is 29.9 Å². The summed E-state index contributed by atoms with van der Waals surface area (Å²) in [6.45, 7) is 1.62. The van der Waals surface area contributed by atoms with Crippen LogP contribution in [0.3, 0.4) is 0 Å². The first kappa shape index (κ1) is 18.8. The summed E-state index contributed by atoms with van der Waals surface area (Å²) in [5.41, 5.74) is 8.59. The number of hydrogen-bond acceptors (Lipinski definition) is 1. The molecule has 3 rings (SSSR count). The Hall–Kier alpha value is -1.56. The lowest BCUT2D eigenvalue weighted by atomic mass is 9.85. The minimum atomic E-state index is 0. The van der Waals surface area contributed by atoms with Gasteiger partial charge < -0.3 is 11.1 Å². The van der Waals surface area contributed by atoms with Gasteiger partial charge in [0.1, 0.15) is 0 Å². The molecule has 0 bridgehead atoms.